The Bertz CT molecular complexity index is 248. The summed E-state index contributed by atoms with van der Waals surface area (Å²) in [5, 5.41) is 3.80. The second-order valence-corrected chi connectivity index (χ2v) is 7.33. The lowest BCUT2D eigenvalue weighted by molar-refractivity contribution is 0.162. The van der Waals surface area contributed by atoms with E-state index in [2.05, 4.69) is 24.2 Å². The van der Waals surface area contributed by atoms with Crippen LogP contribution >= 0.6 is 0 Å². The predicted molar refractivity (Wildman–Crippen MR) is 88.1 cm³/mol. The van der Waals surface area contributed by atoms with E-state index in [9.17, 15) is 0 Å². The first-order valence-electron chi connectivity index (χ1n) is 9.21. The average Bonchev–Trinajstić information content (AvgIpc) is 2.47. The van der Waals surface area contributed by atoms with Crippen molar-refractivity contribution in [3.8, 4) is 0 Å². The van der Waals surface area contributed by atoms with Crippen molar-refractivity contribution < 1.29 is 0 Å². The van der Waals surface area contributed by atoms with Crippen LogP contribution in [0.5, 0.6) is 0 Å². The van der Waals surface area contributed by atoms with Gasteiger partial charge in [0.15, 0.2) is 0 Å². The zero-order valence-electron chi connectivity index (χ0n) is 13.9. The van der Waals surface area contributed by atoms with Gasteiger partial charge >= 0.3 is 0 Å². The summed E-state index contributed by atoms with van der Waals surface area (Å²) < 4.78 is 0. The molecule has 2 heteroatoms. The lowest BCUT2D eigenvalue weighted by Crippen LogP contribution is -2.44. The van der Waals surface area contributed by atoms with Crippen molar-refractivity contribution in [1.82, 2.24) is 10.2 Å². The van der Waals surface area contributed by atoms with Crippen molar-refractivity contribution in [2.24, 2.45) is 11.8 Å². The molecule has 0 spiro atoms. The maximum atomic E-state index is 3.80. The lowest BCUT2D eigenvalue weighted by Gasteiger charge is -2.36. The van der Waals surface area contributed by atoms with Crippen LogP contribution in [0.25, 0.3) is 0 Å². The van der Waals surface area contributed by atoms with Crippen molar-refractivity contribution in [1.29, 1.82) is 0 Å². The van der Waals surface area contributed by atoms with Crippen LogP contribution < -0.4 is 5.32 Å². The van der Waals surface area contributed by atoms with E-state index in [-0.39, 0.29) is 0 Å². The zero-order chi connectivity index (χ0) is 14.2. The number of nitrogens with one attached hydrogen (secondary N) is 1. The van der Waals surface area contributed by atoms with Gasteiger partial charge in [-0.2, -0.15) is 0 Å². The molecule has 1 N–H and O–H groups in total. The van der Waals surface area contributed by atoms with Crippen LogP contribution in [0.1, 0.15) is 71.1 Å². The number of rotatable bonds is 7. The Morgan fingerprint density at radius 1 is 0.900 bits per heavy atom. The van der Waals surface area contributed by atoms with Crippen LogP contribution in [-0.2, 0) is 0 Å². The maximum Gasteiger partial charge on any atom is 0.0107 e. The van der Waals surface area contributed by atoms with Crippen LogP contribution in [0.2, 0.25) is 0 Å². The number of nitrogens with zero attached hydrogens (tertiary/aromatic N) is 1. The van der Waals surface area contributed by atoms with E-state index in [4.69, 9.17) is 0 Å². The number of hydrogen-bond acceptors (Lipinski definition) is 2. The van der Waals surface area contributed by atoms with E-state index >= 15 is 0 Å². The summed E-state index contributed by atoms with van der Waals surface area (Å²) >= 11 is 0. The van der Waals surface area contributed by atoms with Gasteiger partial charge in [-0.15, -0.1) is 0 Å². The van der Waals surface area contributed by atoms with Gasteiger partial charge in [-0.3, -0.25) is 0 Å². The largest absolute Gasteiger partial charge is 0.314 e. The van der Waals surface area contributed by atoms with Crippen molar-refractivity contribution in [2.75, 3.05) is 26.7 Å². The first-order chi connectivity index (χ1) is 9.79. The van der Waals surface area contributed by atoms with E-state index in [1.807, 2.05) is 0 Å². The third-order valence-corrected chi connectivity index (χ3v) is 5.41. The molecule has 2 aliphatic carbocycles. The molecular weight excluding hydrogens is 244 g/mol. The van der Waals surface area contributed by atoms with Gasteiger partial charge in [0.25, 0.3) is 0 Å². The first kappa shape index (κ1) is 16.3. The molecule has 2 nitrogen and oxygen atoms in total. The molecule has 2 unspecified atom stereocenters. The molecule has 0 aromatic carbocycles. The summed E-state index contributed by atoms with van der Waals surface area (Å²) in [5.41, 5.74) is 0. The molecule has 118 valence electrons. The Morgan fingerprint density at radius 2 is 1.60 bits per heavy atom. The standard InChI is InChI=1S/C18H36N2/c1-3-13-19-18-12-8-7-11-17(18)15-20(2)14-16-9-5-4-6-10-16/h16-19H,3-15H2,1-2H3. The first-order valence-corrected chi connectivity index (χ1v) is 9.21. The summed E-state index contributed by atoms with van der Waals surface area (Å²) in [5.74, 6) is 1.88. The van der Waals surface area contributed by atoms with E-state index in [1.165, 1.54) is 83.8 Å². The van der Waals surface area contributed by atoms with Gasteiger partial charge in [-0.1, -0.05) is 39.0 Å². The van der Waals surface area contributed by atoms with E-state index in [0.29, 0.717) is 0 Å². The monoisotopic (exact) mass is 280 g/mol. The van der Waals surface area contributed by atoms with Gasteiger partial charge in [0.1, 0.15) is 0 Å². The Hall–Kier alpha value is -0.0800. The van der Waals surface area contributed by atoms with Crippen molar-refractivity contribution in [3.63, 3.8) is 0 Å². The molecule has 0 bridgehead atoms. The van der Waals surface area contributed by atoms with Gasteiger partial charge in [0.05, 0.1) is 0 Å². The molecule has 20 heavy (non-hydrogen) atoms. The molecule has 0 aliphatic heterocycles. The van der Waals surface area contributed by atoms with Crippen LogP contribution in [-0.4, -0.2) is 37.6 Å². The molecule has 2 fully saturated rings. The molecule has 0 radical (unpaired) electrons. The SMILES string of the molecule is CCCNC1CCCCC1CN(C)CC1CCCCC1. The Kier molecular flexibility index (Phi) is 7.37. The minimum atomic E-state index is 0.789. The highest BCUT2D eigenvalue weighted by Gasteiger charge is 2.26. The summed E-state index contributed by atoms with van der Waals surface area (Å²) in [7, 11) is 2.36. The molecule has 0 amide bonds. The fraction of sp³-hybridized carbons (Fsp3) is 1.00. The lowest BCUT2D eigenvalue weighted by atomic mass is 9.83. The van der Waals surface area contributed by atoms with Crippen LogP contribution in [0.3, 0.4) is 0 Å². The zero-order valence-corrected chi connectivity index (χ0v) is 13.9. The topological polar surface area (TPSA) is 15.3 Å². The average molecular weight is 280 g/mol. The molecule has 2 aliphatic rings. The highest BCUT2D eigenvalue weighted by molar-refractivity contribution is 4.83. The molecule has 0 aromatic heterocycles. The normalized spacial score (nSPS) is 28.9. The quantitative estimate of drug-likeness (QED) is 0.756. The van der Waals surface area contributed by atoms with E-state index in [0.717, 1.165) is 17.9 Å². The third-order valence-electron chi connectivity index (χ3n) is 5.41. The molecule has 0 heterocycles. The fourth-order valence-corrected chi connectivity index (χ4v) is 4.31. The molecule has 2 saturated carbocycles. The van der Waals surface area contributed by atoms with Gasteiger partial charge in [-0.25, -0.2) is 0 Å². The predicted octanol–water partition coefficient (Wildman–Crippen LogP) is 4.06. The van der Waals surface area contributed by atoms with Gasteiger partial charge in [0, 0.05) is 19.1 Å². The Morgan fingerprint density at radius 3 is 2.35 bits per heavy atom. The highest BCUT2D eigenvalue weighted by Crippen LogP contribution is 2.27. The fourth-order valence-electron chi connectivity index (χ4n) is 4.31. The summed E-state index contributed by atoms with van der Waals surface area (Å²) in [6, 6.07) is 0.789. The summed E-state index contributed by atoms with van der Waals surface area (Å²) in [6.45, 7) is 6.14. The van der Waals surface area contributed by atoms with E-state index < -0.39 is 0 Å². The van der Waals surface area contributed by atoms with Crippen LogP contribution in [0, 0.1) is 11.8 Å². The number of hydrogen-bond donors (Lipinski definition) is 1. The Labute approximate surface area is 126 Å². The van der Waals surface area contributed by atoms with Crippen molar-refractivity contribution in [3.05, 3.63) is 0 Å². The summed E-state index contributed by atoms with van der Waals surface area (Å²) in [6.07, 6.45) is 14.4. The third kappa shape index (κ3) is 5.37. The summed E-state index contributed by atoms with van der Waals surface area (Å²) in [4.78, 5) is 2.65. The molecule has 2 atom stereocenters. The molecule has 0 saturated heterocycles. The maximum absolute atomic E-state index is 3.80. The molecular formula is C18H36N2. The molecule has 0 aromatic rings. The van der Waals surface area contributed by atoms with Crippen LogP contribution in [0.4, 0.5) is 0 Å². The second kappa shape index (κ2) is 9.04. The van der Waals surface area contributed by atoms with Crippen LogP contribution in [0.15, 0.2) is 0 Å². The minimum absolute atomic E-state index is 0.789. The van der Waals surface area contributed by atoms with E-state index in [1.54, 1.807) is 0 Å². The minimum Gasteiger partial charge on any atom is -0.314 e. The smallest absolute Gasteiger partial charge is 0.0107 e. The Balaban J connectivity index is 1.73. The van der Waals surface area contributed by atoms with Gasteiger partial charge in [0.2, 0.25) is 0 Å². The van der Waals surface area contributed by atoms with Crippen molar-refractivity contribution in [2.45, 2.75) is 77.2 Å². The molecule has 2 rings (SSSR count). The van der Waals surface area contributed by atoms with Gasteiger partial charge < -0.3 is 10.2 Å². The highest BCUT2D eigenvalue weighted by atomic mass is 15.1. The van der Waals surface area contributed by atoms with Crippen molar-refractivity contribution >= 4 is 0 Å². The second-order valence-electron chi connectivity index (χ2n) is 7.33. The van der Waals surface area contributed by atoms with Gasteiger partial charge in [-0.05, 0) is 57.5 Å².